The average Bonchev–Trinajstić information content (AvgIpc) is 3.23. The van der Waals surface area contributed by atoms with Crippen molar-refractivity contribution in [1.29, 1.82) is 0 Å². The summed E-state index contributed by atoms with van der Waals surface area (Å²) in [5.74, 6) is 2.13. The average molecular weight is 369 g/mol. The predicted molar refractivity (Wildman–Crippen MR) is 101 cm³/mol. The summed E-state index contributed by atoms with van der Waals surface area (Å²) in [7, 11) is 1.71. The quantitative estimate of drug-likeness (QED) is 0.899. The largest absolute Gasteiger partial charge is 0.493 e. The van der Waals surface area contributed by atoms with Gasteiger partial charge in [0.1, 0.15) is 5.60 Å². The van der Waals surface area contributed by atoms with E-state index >= 15 is 0 Å². The number of hydrogen-bond donors (Lipinski definition) is 1. The molecule has 144 valence electrons. The lowest BCUT2D eigenvalue weighted by atomic mass is 9.70. The van der Waals surface area contributed by atoms with Crippen molar-refractivity contribution < 1.29 is 14.2 Å². The number of fused-ring (bicyclic) bond motifs is 4. The highest BCUT2D eigenvalue weighted by Crippen LogP contribution is 2.55. The Kier molecular flexibility index (Phi) is 4.32. The van der Waals surface area contributed by atoms with Crippen LogP contribution >= 0.6 is 0 Å². The molecule has 3 aliphatic rings. The molecule has 1 aromatic heterocycles. The summed E-state index contributed by atoms with van der Waals surface area (Å²) in [4.78, 5) is 9.82. The summed E-state index contributed by atoms with van der Waals surface area (Å²) in [5.41, 5.74) is 2.17. The van der Waals surface area contributed by atoms with Crippen molar-refractivity contribution >= 4 is 0 Å². The van der Waals surface area contributed by atoms with E-state index in [4.69, 9.17) is 14.2 Å². The maximum Gasteiger partial charge on any atom is 0.167 e. The van der Waals surface area contributed by atoms with Gasteiger partial charge in [-0.25, -0.2) is 4.98 Å². The van der Waals surface area contributed by atoms with Crippen LogP contribution in [0.1, 0.15) is 43.0 Å². The van der Waals surface area contributed by atoms with Crippen LogP contribution in [-0.2, 0) is 11.3 Å². The van der Waals surface area contributed by atoms with Crippen LogP contribution in [0.4, 0.5) is 0 Å². The molecule has 1 aromatic carbocycles. The lowest BCUT2D eigenvalue weighted by Gasteiger charge is -2.53. The Balaban J connectivity index is 1.42. The molecule has 2 saturated heterocycles. The molecule has 3 aliphatic heterocycles. The van der Waals surface area contributed by atoms with Gasteiger partial charge in [-0.05, 0) is 18.9 Å². The molecule has 2 aromatic rings. The van der Waals surface area contributed by atoms with Crippen LogP contribution in [0.5, 0.6) is 11.5 Å². The van der Waals surface area contributed by atoms with Crippen molar-refractivity contribution in [2.75, 3.05) is 26.8 Å². The number of para-hydroxylation sites is 1. The standard InChI is InChI=1S/C21H27N3O3/c1-25-18-6-2-4-16-19-17(5-3-11-26-19)21(27-20(16)18)7-9-24(10-8-21)13-15-12-22-14-23-15/h2,4,6,12,14,17,19H,3,5,7-11,13H2,1H3,(H,22,23)/t17-,19+/m0/s1. The minimum Gasteiger partial charge on any atom is -0.493 e. The smallest absolute Gasteiger partial charge is 0.167 e. The third-order valence-corrected chi connectivity index (χ3v) is 6.49. The summed E-state index contributed by atoms with van der Waals surface area (Å²) in [6.45, 7) is 3.79. The number of benzene rings is 1. The van der Waals surface area contributed by atoms with Gasteiger partial charge in [0.15, 0.2) is 11.5 Å². The molecule has 2 atom stereocenters. The number of H-pyrrole nitrogens is 1. The van der Waals surface area contributed by atoms with Crippen LogP contribution in [0.25, 0.3) is 0 Å². The van der Waals surface area contributed by atoms with Gasteiger partial charge in [-0.15, -0.1) is 0 Å². The van der Waals surface area contributed by atoms with E-state index in [1.807, 2.05) is 18.3 Å². The molecular formula is C21H27N3O3. The SMILES string of the molecule is COc1cccc2c1OC1(CCN(Cc3cnc[nH]3)CC1)[C@H]1CCCO[C@H]21. The Labute approximate surface area is 159 Å². The zero-order valence-corrected chi connectivity index (χ0v) is 15.8. The van der Waals surface area contributed by atoms with Crippen LogP contribution in [-0.4, -0.2) is 47.3 Å². The summed E-state index contributed by atoms with van der Waals surface area (Å²) in [6, 6.07) is 6.17. The molecule has 27 heavy (non-hydrogen) atoms. The molecule has 0 saturated carbocycles. The Morgan fingerprint density at radius 2 is 2.22 bits per heavy atom. The first kappa shape index (κ1) is 17.1. The number of nitrogens with zero attached hydrogens (tertiary/aromatic N) is 2. The Hall–Kier alpha value is -2.05. The van der Waals surface area contributed by atoms with Gasteiger partial charge in [-0.2, -0.15) is 0 Å². The molecule has 0 unspecified atom stereocenters. The maximum atomic E-state index is 6.78. The van der Waals surface area contributed by atoms with Crippen LogP contribution in [0, 0.1) is 5.92 Å². The fraction of sp³-hybridized carbons (Fsp3) is 0.571. The molecule has 1 spiro atoms. The molecule has 4 heterocycles. The van der Waals surface area contributed by atoms with Crippen molar-refractivity contribution in [2.45, 2.75) is 43.9 Å². The number of nitrogens with one attached hydrogen (secondary N) is 1. The molecule has 0 radical (unpaired) electrons. The van der Waals surface area contributed by atoms with Gasteiger partial charge < -0.3 is 19.2 Å². The monoisotopic (exact) mass is 369 g/mol. The van der Waals surface area contributed by atoms with E-state index in [2.05, 4.69) is 20.9 Å². The van der Waals surface area contributed by atoms with E-state index in [1.54, 1.807) is 13.4 Å². The number of ether oxygens (including phenoxy) is 3. The highest BCUT2D eigenvalue weighted by molar-refractivity contribution is 5.50. The zero-order valence-electron chi connectivity index (χ0n) is 15.8. The number of imidazole rings is 1. The predicted octanol–water partition coefficient (Wildman–Crippen LogP) is 3.31. The minimum absolute atomic E-state index is 0.122. The van der Waals surface area contributed by atoms with Gasteiger partial charge in [0, 0.05) is 62.5 Å². The van der Waals surface area contributed by atoms with E-state index in [0.29, 0.717) is 5.92 Å². The lowest BCUT2D eigenvalue weighted by molar-refractivity contribution is -0.150. The molecule has 6 heteroatoms. The third kappa shape index (κ3) is 2.91. The van der Waals surface area contributed by atoms with Crippen molar-refractivity contribution in [3.8, 4) is 11.5 Å². The van der Waals surface area contributed by atoms with Gasteiger partial charge in [0.25, 0.3) is 0 Å². The number of aromatic amines is 1. The van der Waals surface area contributed by atoms with Gasteiger partial charge in [0.05, 0.1) is 19.5 Å². The van der Waals surface area contributed by atoms with E-state index < -0.39 is 0 Å². The van der Waals surface area contributed by atoms with E-state index in [9.17, 15) is 0 Å². The third-order valence-electron chi connectivity index (χ3n) is 6.49. The van der Waals surface area contributed by atoms with Crippen LogP contribution in [0.15, 0.2) is 30.7 Å². The van der Waals surface area contributed by atoms with Gasteiger partial charge in [-0.3, -0.25) is 4.90 Å². The van der Waals surface area contributed by atoms with Crippen molar-refractivity contribution in [2.24, 2.45) is 5.92 Å². The number of piperidine rings is 1. The maximum absolute atomic E-state index is 6.78. The Morgan fingerprint density at radius 1 is 1.33 bits per heavy atom. The lowest BCUT2D eigenvalue weighted by Crippen LogP contribution is -2.57. The molecule has 6 nitrogen and oxygen atoms in total. The zero-order chi connectivity index (χ0) is 18.3. The first-order valence-corrected chi connectivity index (χ1v) is 9.96. The molecule has 0 amide bonds. The van der Waals surface area contributed by atoms with E-state index in [0.717, 1.165) is 62.6 Å². The number of aromatic nitrogens is 2. The second kappa shape index (κ2) is 6.84. The molecule has 1 N–H and O–H groups in total. The second-order valence-corrected chi connectivity index (χ2v) is 7.94. The highest BCUT2D eigenvalue weighted by Gasteiger charge is 2.53. The number of rotatable bonds is 3. The van der Waals surface area contributed by atoms with Crippen LogP contribution in [0.2, 0.25) is 0 Å². The Morgan fingerprint density at radius 3 is 3.00 bits per heavy atom. The van der Waals surface area contributed by atoms with Crippen LogP contribution < -0.4 is 9.47 Å². The van der Waals surface area contributed by atoms with Crippen LogP contribution in [0.3, 0.4) is 0 Å². The number of likely N-dealkylation sites (tertiary alicyclic amines) is 1. The molecule has 0 aliphatic carbocycles. The number of methoxy groups -OCH3 is 1. The van der Waals surface area contributed by atoms with Gasteiger partial charge >= 0.3 is 0 Å². The minimum atomic E-state index is -0.156. The first-order valence-electron chi connectivity index (χ1n) is 9.96. The van der Waals surface area contributed by atoms with Crippen molar-refractivity contribution in [3.63, 3.8) is 0 Å². The first-order chi connectivity index (χ1) is 13.3. The summed E-state index contributed by atoms with van der Waals surface area (Å²) < 4.78 is 18.7. The van der Waals surface area contributed by atoms with Crippen molar-refractivity contribution in [1.82, 2.24) is 14.9 Å². The van der Waals surface area contributed by atoms with Gasteiger partial charge in [0.2, 0.25) is 0 Å². The molecule has 5 rings (SSSR count). The number of hydrogen-bond acceptors (Lipinski definition) is 5. The fourth-order valence-corrected chi connectivity index (χ4v) is 5.11. The summed E-state index contributed by atoms with van der Waals surface area (Å²) >= 11 is 0. The van der Waals surface area contributed by atoms with E-state index in [1.165, 1.54) is 12.1 Å². The molecular weight excluding hydrogens is 342 g/mol. The molecule has 2 fully saturated rings. The topological polar surface area (TPSA) is 59.6 Å². The molecule has 0 bridgehead atoms. The summed E-state index contributed by atoms with van der Waals surface area (Å²) in [5, 5.41) is 0. The normalized spacial score (nSPS) is 26.9. The van der Waals surface area contributed by atoms with E-state index in [-0.39, 0.29) is 11.7 Å². The summed E-state index contributed by atoms with van der Waals surface area (Å²) in [6.07, 6.45) is 8.10. The Bertz CT molecular complexity index is 784. The fourth-order valence-electron chi connectivity index (χ4n) is 5.11. The van der Waals surface area contributed by atoms with Crippen molar-refractivity contribution in [3.05, 3.63) is 42.0 Å². The highest BCUT2D eigenvalue weighted by atomic mass is 16.5. The van der Waals surface area contributed by atoms with Gasteiger partial charge in [-0.1, -0.05) is 12.1 Å². The second-order valence-electron chi connectivity index (χ2n) is 7.94.